The van der Waals surface area contributed by atoms with Crippen LogP contribution in [-0.2, 0) is 6.42 Å². The Bertz CT molecular complexity index is 1000. The quantitative estimate of drug-likeness (QED) is 0.394. The number of benzene rings is 2. The lowest BCUT2D eigenvalue weighted by Gasteiger charge is -2.26. The maximum absolute atomic E-state index is 13.7. The van der Waals surface area contributed by atoms with Gasteiger partial charge in [-0.25, -0.2) is 4.39 Å². The normalized spacial score (nSPS) is 15.9. The summed E-state index contributed by atoms with van der Waals surface area (Å²) in [4.78, 5) is 4.37. The molecule has 2 aromatic rings. The third kappa shape index (κ3) is 6.16. The molecular formula is C22H23F4N3OS. The number of hydrogen-bond acceptors (Lipinski definition) is 3. The lowest BCUT2D eigenvalue weighted by atomic mass is 9.88. The van der Waals surface area contributed by atoms with Crippen molar-refractivity contribution in [2.45, 2.75) is 45.9 Å². The van der Waals surface area contributed by atoms with Crippen LogP contribution in [0.3, 0.4) is 0 Å². The van der Waals surface area contributed by atoms with Gasteiger partial charge in [0.15, 0.2) is 5.11 Å². The molecule has 1 heterocycles. The fourth-order valence-corrected chi connectivity index (χ4v) is 3.64. The second-order valence-corrected chi connectivity index (χ2v) is 8.07. The Morgan fingerprint density at radius 1 is 1.19 bits per heavy atom. The Labute approximate surface area is 183 Å². The number of rotatable bonds is 5. The minimum Gasteiger partial charge on any atom is -0.489 e. The van der Waals surface area contributed by atoms with E-state index in [0.717, 1.165) is 0 Å². The monoisotopic (exact) mass is 453 g/mol. The lowest BCUT2D eigenvalue weighted by molar-refractivity contribution is -0.139. The van der Waals surface area contributed by atoms with Gasteiger partial charge in [-0.3, -0.25) is 4.99 Å². The second-order valence-electron chi connectivity index (χ2n) is 7.66. The summed E-state index contributed by atoms with van der Waals surface area (Å²) < 4.78 is 58.3. The van der Waals surface area contributed by atoms with Crippen molar-refractivity contribution < 1.29 is 22.3 Å². The maximum Gasteiger partial charge on any atom is 0.389 e. The molecule has 0 amide bonds. The number of alkyl halides is 3. The molecule has 0 spiro atoms. The van der Waals surface area contributed by atoms with Crippen LogP contribution in [-0.4, -0.2) is 23.1 Å². The van der Waals surface area contributed by atoms with Crippen LogP contribution < -0.4 is 15.4 Å². The molecule has 3 rings (SSSR count). The van der Waals surface area contributed by atoms with E-state index in [0.29, 0.717) is 34.1 Å². The minimum absolute atomic E-state index is 0.125. The molecule has 0 radical (unpaired) electrons. The zero-order chi connectivity index (χ0) is 22.8. The molecule has 1 atom stereocenters. The number of aliphatic imine (C=N–C) groups is 1. The Morgan fingerprint density at radius 3 is 2.58 bits per heavy atom. The summed E-state index contributed by atoms with van der Waals surface area (Å²) in [7, 11) is 0. The van der Waals surface area contributed by atoms with Gasteiger partial charge in [0, 0.05) is 28.9 Å². The summed E-state index contributed by atoms with van der Waals surface area (Å²) >= 11 is 5.36. The van der Waals surface area contributed by atoms with Crippen molar-refractivity contribution in [1.82, 2.24) is 0 Å². The van der Waals surface area contributed by atoms with Gasteiger partial charge in [0.1, 0.15) is 11.6 Å². The van der Waals surface area contributed by atoms with Crippen LogP contribution >= 0.6 is 12.2 Å². The molecule has 4 nitrogen and oxygen atoms in total. The van der Waals surface area contributed by atoms with Crippen molar-refractivity contribution in [3.8, 4) is 5.75 Å². The molecule has 1 aliphatic heterocycles. The predicted octanol–water partition coefficient (Wildman–Crippen LogP) is 6.64. The van der Waals surface area contributed by atoms with Gasteiger partial charge >= 0.3 is 6.18 Å². The Balaban J connectivity index is 1.80. The topological polar surface area (TPSA) is 45.7 Å². The van der Waals surface area contributed by atoms with E-state index in [4.69, 9.17) is 17.0 Å². The van der Waals surface area contributed by atoms with Crippen molar-refractivity contribution in [2.75, 3.05) is 10.6 Å². The molecule has 9 heteroatoms. The zero-order valence-corrected chi connectivity index (χ0v) is 18.1. The third-order valence-corrected chi connectivity index (χ3v) is 4.97. The minimum atomic E-state index is -4.28. The molecule has 166 valence electrons. The van der Waals surface area contributed by atoms with E-state index in [-0.39, 0.29) is 17.6 Å². The van der Waals surface area contributed by atoms with Gasteiger partial charge in [0.2, 0.25) is 0 Å². The number of ether oxygens (including phenoxy) is 1. The van der Waals surface area contributed by atoms with Crippen LogP contribution in [0, 0.1) is 11.7 Å². The number of fused-ring (bicyclic) bond motifs is 1. The predicted molar refractivity (Wildman–Crippen MR) is 119 cm³/mol. The van der Waals surface area contributed by atoms with E-state index in [1.54, 1.807) is 25.1 Å². The molecule has 2 N–H and O–H groups in total. The molecule has 0 saturated carbocycles. The Morgan fingerprint density at radius 2 is 1.90 bits per heavy atom. The summed E-state index contributed by atoms with van der Waals surface area (Å²) in [6.07, 6.45) is -5.14. The molecule has 0 aromatic heterocycles. The van der Waals surface area contributed by atoms with Crippen molar-refractivity contribution in [1.29, 1.82) is 0 Å². The van der Waals surface area contributed by atoms with E-state index in [9.17, 15) is 17.6 Å². The van der Waals surface area contributed by atoms with Gasteiger partial charge in [0.25, 0.3) is 0 Å². The standard InChI is InChI=1S/C22H23F4N3OS/c1-12(2)30-20-8-7-15(23)10-19(20)29-21(31)28-18-6-4-5-17-16(18)9-14(13(3)27-17)11-22(24,25)26/h4-8,10,12,14H,9,11H2,1-3H3,(H2,28,29,31). The van der Waals surface area contributed by atoms with E-state index < -0.39 is 24.3 Å². The van der Waals surface area contributed by atoms with Crippen LogP contribution in [0.2, 0.25) is 0 Å². The molecule has 0 bridgehead atoms. The highest BCUT2D eigenvalue weighted by Crippen LogP contribution is 2.38. The van der Waals surface area contributed by atoms with Gasteiger partial charge in [-0.15, -0.1) is 0 Å². The largest absolute Gasteiger partial charge is 0.489 e. The highest BCUT2D eigenvalue weighted by Gasteiger charge is 2.35. The van der Waals surface area contributed by atoms with Gasteiger partial charge in [0.05, 0.1) is 23.9 Å². The van der Waals surface area contributed by atoms with Gasteiger partial charge in [-0.05, 0) is 63.7 Å². The molecular weight excluding hydrogens is 430 g/mol. The fourth-order valence-electron chi connectivity index (χ4n) is 3.42. The summed E-state index contributed by atoms with van der Waals surface area (Å²) in [6, 6.07) is 9.29. The molecule has 0 saturated heterocycles. The Kier molecular flexibility index (Phi) is 6.83. The fraction of sp³-hybridized carbons (Fsp3) is 0.364. The van der Waals surface area contributed by atoms with Crippen LogP contribution in [0.4, 0.5) is 34.6 Å². The number of halogens is 4. The molecule has 1 unspecified atom stereocenters. The first-order valence-corrected chi connectivity index (χ1v) is 10.2. The van der Waals surface area contributed by atoms with Crippen LogP contribution in [0.5, 0.6) is 5.75 Å². The summed E-state index contributed by atoms with van der Waals surface area (Å²) in [5.41, 5.74) is 2.63. The smallest absolute Gasteiger partial charge is 0.389 e. The van der Waals surface area contributed by atoms with Crippen molar-refractivity contribution >= 4 is 40.1 Å². The number of thiocarbonyl (C=S) groups is 1. The zero-order valence-electron chi connectivity index (χ0n) is 17.3. The highest BCUT2D eigenvalue weighted by atomic mass is 32.1. The first-order valence-electron chi connectivity index (χ1n) is 9.80. The van der Waals surface area contributed by atoms with Crippen molar-refractivity contribution in [3.63, 3.8) is 0 Å². The highest BCUT2D eigenvalue weighted by molar-refractivity contribution is 7.80. The van der Waals surface area contributed by atoms with Gasteiger partial charge < -0.3 is 15.4 Å². The average Bonchev–Trinajstić information content (AvgIpc) is 2.63. The average molecular weight is 454 g/mol. The molecule has 0 aliphatic carbocycles. The van der Waals surface area contributed by atoms with Crippen LogP contribution in [0.15, 0.2) is 41.4 Å². The van der Waals surface area contributed by atoms with Crippen molar-refractivity contribution in [2.24, 2.45) is 10.9 Å². The number of anilines is 2. The first-order chi connectivity index (χ1) is 14.5. The molecule has 1 aliphatic rings. The summed E-state index contributed by atoms with van der Waals surface area (Å²) in [5.74, 6) is -0.759. The number of nitrogens with one attached hydrogen (secondary N) is 2. The van der Waals surface area contributed by atoms with Crippen LogP contribution in [0.1, 0.15) is 32.8 Å². The third-order valence-electron chi connectivity index (χ3n) is 4.77. The SMILES string of the molecule is CC1=Nc2cccc(NC(=S)Nc3cc(F)ccc3OC(C)C)c2CC1CC(F)(F)F. The summed E-state index contributed by atoms with van der Waals surface area (Å²) in [5, 5.41) is 6.08. The van der Waals surface area contributed by atoms with Crippen LogP contribution in [0.25, 0.3) is 0 Å². The second kappa shape index (κ2) is 9.21. The maximum atomic E-state index is 13.7. The number of hydrogen-bond donors (Lipinski definition) is 2. The molecule has 2 aromatic carbocycles. The van der Waals surface area contributed by atoms with Gasteiger partial charge in [-0.1, -0.05) is 6.07 Å². The van der Waals surface area contributed by atoms with Gasteiger partial charge in [-0.2, -0.15) is 13.2 Å². The van der Waals surface area contributed by atoms with E-state index in [2.05, 4.69) is 15.6 Å². The molecule has 31 heavy (non-hydrogen) atoms. The van der Waals surface area contributed by atoms with E-state index in [1.807, 2.05) is 13.8 Å². The number of nitrogens with zero attached hydrogens (tertiary/aromatic N) is 1. The van der Waals surface area contributed by atoms with E-state index >= 15 is 0 Å². The Hall–Kier alpha value is -2.68. The summed E-state index contributed by atoms with van der Waals surface area (Å²) in [6.45, 7) is 5.31. The lowest BCUT2D eigenvalue weighted by Crippen LogP contribution is -2.26. The van der Waals surface area contributed by atoms with Crippen molar-refractivity contribution in [3.05, 3.63) is 47.8 Å². The first kappa shape index (κ1) is 23.0. The molecule has 0 fully saturated rings. The van der Waals surface area contributed by atoms with E-state index in [1.165, 1.54) is 18.2 Å².